The molecule has 0 aliphatic carbocycles. The molecular weight excluding hydrogens is 1400 g/mol. The summed E-state index contributed by atoms with van der Waals surface area (Å²) in [7, 11) is 5.87. The second-order valence-corrected chi connectivity index (χ2v) is 29.2. The van der Waals surface area contributed by atoms with Gasteiger partial charge in [-0.1, -0.05) is 103 Å². The highest BCUT2D eigenvalue weighted by molar-refractivity contribution is 7.17. The van der Waals surface area contributed by atoms with Gasteiger partial charge in [-0.25, -0.2) is 24.5 Å². The number of methoxy groups -OCH3 is 4. The largest absolute Gasteiger partial charge is 0.493 e. The number of carbonyl (C=O) groups excluding carboxylic acids is 5. The van der Waals surface area contributed by atoms with Gasteiger partial charge >= 0.3 is 11.9 Å². The standard InChI is InChI=1S/C27H30ClN5O3S.C27H31N5O3S.C26H30N4O3/c1-36-27(35)23-19-9-12-29-15-21(19)37-26(23)32-25(34)20-7-8-22(28)31-24(20)30-18-10-13-33(14-11-18)16-17-5-3-2-4-6-17;1-35-27(34)23-20-9-13-28-16-22(20)36-26(23)31-25(33)21-8-5-12-29-24(21)30-19-10-14-32(15-11-19)17-18-6-3-2-4-7-18;1-32-23-11-10-21(17-24(23)33-2)29-26(31)22-9-6-14-27-25(22)28-20-12-15-30(16-13-20)18-19-7-4-3-5-8-19/h2-8,18,29H,9-16H2,1H3,(H,30,31)(H,32,34);2-8,12,19,28H,9-11,13-17H2,1H3,(H,29,30)(H,31,33);3-11,14,17,20H,12-13,15-16,18H2,1-2H3,(H,27,28)(H,29,31). The van der Waals surface area contributed by atoms with E-state index in [2.05, 4.69) is 145 Å². The van der Waals surface area contributed by atoms with Crippen LogP contribution in [0, 0.1) is 0 Å². The number of aromatic nitrogens is 3. The van der Waals surface area contributed by atoms with Crippen LogP contribution in [0.15, 0.2) is 158 Å². The van der Waals surface area contributed by atoms with E-state index in [1.165, 1.54) is 53.6 Å². The fourth-order valence-electron chi connectivity index (χ4n) is 13.9. The number of nitrogens with one attached hydrogen (secondary N) is 8. The number of likely N-dealkylation sites (tertiary alicyclic amines) is 3. The number of rotatable bonds is 22. The number of carbonyl (C=O) groups is 5. The van der Waals surface area contributed by atoms with E-state index in [9.17, 15) is 24.0 Å². The highest BCUT2D eigenvalue weighted by Crippen LogP contribution is 2.39. The minimum absolute atomic E-state index is 0.176. The van der Waals surface area contributed by atoms with Gasteiger partial charge in [0.05, 0.1) is 56.3 Å². The van der Waals surface area contributed by atoms with E-state index >= 15 is 0 Å². The number of esters is 2. The molecule has 4 aromatic carbocycles. The third kappa shape index (κ3) is 20.0. The third-order valence-corrected chi connectivity index (χ3v) is 22.0. The van der Waals surface area contributed by atoms with Crippen LogP contribution in [0.2, 0.25) is 5.15 Å². The van der Waals surface area contributed by atoms with Crippen molar-refractivity contribution in [2.75, 3.05) is 113 Å². The first-order valence-electron chi connectivity index (χ1n) is 36.0. The summed E-state index contributed by atoms with van der Waals surface area (Å²) in [5, 5.41) is 27.3. The van der Waals surface area contributed by atoms with Crippen molar-refractivity contribution in [2.24, 2.45) is 0 Å². The van der Waals surface area contributed by atoms with Crippen molar-refractivity contribution in [3.63, 3.8) is 0 Å². The summed E-state index contributed by atoms with van der Waals surface area (Å²) in [6.45, 7) is 11.7. The predicted octanol–water partition coefficient (Wildman–Crippen LogP) is 12.9. The lowest BCUT2D eigenvalue weighted by molar-refractivity contribution is 0.0591. The molecule has 0 spiro atoms. The summed E-state index contributed by atoms with van der Waals surface area (Å²) in [6.07, 6.45) is 10.7. The van der Waals surface area contributed by atoms with Gasteiger partial charge in [0.15, 0.2) is 11.5 Å². The van der Waals surface area contributed by atoms with Crippen LogP contribution >= 0.6 is 34.3 Å². The summed E-state index contributed by atoms with van der Waals surface area (Å²) in [5.74, 6) is 1.08. The van der Waals surface area contributed by atoms with Gasteiger partial charge in [-0.3, -0.25) is 29.1 Å². The molecule has 0 unspecified atom stereocenters. The average molecular weight is 1490 g/mol. The van der Waals surface area contributed by atoms with Crippen LogP contribution in [0.25, 0.3) is 0 Å². The topological polar surface area (TPSA) is 267 Å². The lowest BCUT2D eigenvalue weighted by atomic mass is 10.0. The first-order valence-corrected chi connectivity index (χ1v) is 38.0. The second-order valence-electron chi connectivity index (χ2n) is 26.6. The molecule has 106 heavy (non-hydrogen) atoms. The molecule has 0 radical (unpaired) electrons. The molecule has 3 fully saturated rings. The quantitative estimate of drug-likeness (QED) is 0.0231. The second kappa shape index (κ2) is 37.4. The maximum atomic E-state index is 13.4. The monoisotopic (exact) mass is 1490 g/mol. The molecule has 23 nitrogen and oxygen atoms in total. The molecule has 5 aliphatic heterocycles. The summed E-state index contributed by atoms with van der Waals surface area (Å²) >= 11 is 9.05. The molecule has 10 heterocycles. The fourth-order valence-corrected chi connectivity index (χ4v) is 16.4. The molecule has 14 rings (SSSR count). The molecule has 8 N–H and O–H groups in total. The molecule has 0 bridgehead atoms. The zero-order valence-corrected chi connectivity index (χ0v) is 62.5. The zero-order chi connectivity index (χ0) is 73.7. The Labute approximate surface area is 631 Å². The number of pyridine rings is 3. The molecule has 0 saturated carbocycles. The van der Waals surface area contributed by atoms with E-state index in [1.54, 1.807) is 81.2 Å². The minimum Gasteiger partial charge on any atom is -0.493 e. The third-order valence-electron chi connectivity index (χ3n) is 19.5. The van der Waals surface area contributed by atoms with Crippen LogP contribution in [0.1, 0.15) is 128 Å². The number of thiophene rings is 2. The number of hydrogen-bond donors (Lipinski definition) is 8. The molecule has 5 aromatic heterocycles. The number of nitrogens with zero attached hydrogens (tertiary/aromatic N) is 6. The Morgan fingerprint density at radius 1 is 0.472 bits per heavy atom. The van der Waals surface area contributed by atoms with E-state index in [0.717, 1.165) is 138 Å². The van der Waals surface area contributed by atoms with Gasteiger partial charge in [0.2, 0.25) is 0 Å². The lowest BCUT2D eigenvalue weighted by Gasteiger charge is -2.33. The normalized spacial score (nSPS) is 15.7. The van der Waals surface area contributed by atoms with Crippen molar-refractivity contribution in [3.05, 3.63) is 229 Å². The average Bonchev–Trinajstić information content (AvgIpc) is 1.65. The Kier molecular flexibility index (Phi) is 26.8. The van der Waals surface area contributed by atoms with Crippen LogP contribution in [-0.2, 0) is 55.0 Å². The fraction of sp³-hybridized carbons (Fsp3) is 0.350. The Morgan fingerprint density at radius 2 is 0.868 bits per heavy atom. The van der Waals surface area contributed by atoms with Gasteiger partial charge in [-0.2, -0.15) is 0 Å². The van der Waals surface area contributed by atoms with Crippen LogP contribution in [-0.4, -0.2) is 158 Å². The number of fused-ring (bicyclic) bond motifs is 2. The van der Waals surface area contributed by atoms with Crippen molar-refractivity contribution in [1.82, 2.24) is 40.3 Å². The molecule has 26 heteroatoms. The number of ether oxygens (including phenoxy) is 4. The highest BCUT2D eigenvalue weighted by Gasteiger charge is 2.32. The Bertz CT molecular complexity index is 4450. The van der Waals surface area contributed by atoms with Gasteiger partial charge in [-0.15, -0.1) is 22.7 Å². The Hall–Kier alpha value is -9.83. The SMILES string of the molecule is COC(=O)c1c(NC(=O)c2ccc(Cl)nc2NC2CCN(Cc3ccccc3)CC2)sc2c1CCNC2.COC(=O)c1c(NC(=O)c2cccnc2NC2CCN(Cc3ccccc3)CC2)sc2c1CCNC2.COc1ccc(NC(=O)c2cccnc2NC2CCN(Cc3ccccc3)CC2)cc1OC. The van der Waals surface area contributed by atoms with Gasteiger partial charge in [0.1, 0.15) is 32.6 Å². The van der Waals surface area contributed by atoms with Crippen molar-refractivity contribution in [3.8, 4) is 11.5 Å². The number of piperidine rings is 3. The van der Waals surface area contributed by atoms with Crippen molar-refractivity contribution in [2.45, 2.75) is 102 Å². The van der Waals surface area contributed by atoms with Gasteiger partial charge in [-0.05, 0) is 141 Å². The molecule has 5 aliphatic rings. The van der Waals surface area contributed by atoms with Gasteiger partial charge < -0.3 is 61.5 Å². The number of anilines is 6. The van der Waals surface area contributed by atoms with Crippen LogP contribution < -0.4 is 52.0 Å². The summed E-state index contributed by atoms with van der Waals surface area (Å²) < 4.78 is 20.6. The number of halogens is 1. The van der Waals surface area contributed by atoms with E-state index in [-0.39, 0.29) is 35.8 Å². The van der Waals surface area contributed by atoms with Crippen LogP contribution in [0.3, 0.4) is 0 Å². The molecule has 9 aromatic rings. The van der Waals surface area contributed by atoms with Crippen molar-refractivity contribution in [1.29, 1.82) is 0 Å². The minimum atomic E-state index is -0.440. The lowest BCUT2D eigenvalue weighted by Crippen LogP contribution is -2.39. The van der Waals surface area contributed by atoms with E-state index in [4.69, 9.17) is 30.5 Å². The van der Waals surface area contributed by atoms with Crippen LogP contribution in [0.4, 0.5) is 33.1 Å². The predicted molar refractivity (Wildman–Crippen MR) is 418 cm³/mol. The van der Waals surface area contributed by atoms with E-state index in [1.807, 2.05) is 18.2 Å². The number of hydrogen-bond acceptors (Lipinski definition) is 22. The Morgan fingerprint density at radius 3 is 1.27 bits per heavy atom. The first kappa shape index (κ1) is 75.8. The summed E-state index contributed by atoms with van der Waals surface area (Å²) in [5.41, 5.74) is 8.78. The smallest absolute Gasteiger partial charge is 0.341 e. The summed E-state index contributed by atoms with van der Waals surface area (Å²) in [6, 6.07) is 47.9. The zero-order valence-electron chi connectivity index (χ0n) is 60.1. The number of amides is 3. The maximum absolute atomic E-state index is 13.4. The Balaban J connectivity index is 0.000000149. The molecule has 3 amide bonds. The summed E-state index contributed by atoms with van der Waals surface area (Å²) in [4.78, 5) is 87.7. The number of benzene rings is 4. The first-order chi connectivity index (χ1) is 51.8. The van der Waals surface area contributed by atoms with Crippen LogP contribution in [0.5, 0.6) is 11.5 Å². The van der Waals surface area contributed by atoms with E-state index in [0.29, 0.717) is 97.1 Å². The molecular formula is C80H91ClN14O9S2. The highest BCUT2D eigenvalue weighted by atomic mass is 35.5. The van der Waals surface area contributed by atoms with Gasteiger partial charge in [0.25, 0.3) is 17.7 Å². The molecule has 3 saturated heterocycles. The van der Waals surface area contributed by atoms with Crippen molar-refractivity contribution < 1.29 is 42.9 Å². The molecule has 554 valence electrons. The molecule has 0 atom stereocenters. The maximum Gasteiger partial charge on any atom is 0.341 e. The van der Waals surface area contributed by atoms with Crippen molar-refractivity contribution >= 4 is 97.1 Å². The van der Waals surface area contributed by atoms with Gasteiger partial charge in [0, 0.05) is 124 Å². The van der Waals surface area contributed by atoms with E-state index < -0.39 is 11.9 Å².